The molecule has 0 spiro atoms. The monoisotopic (exact) mass is 540 g/mol. The van der Waals surface area contributed by atoms with Gasteiger partial charge in [-0.3, -0.25) is 24.1 Å². The normalized spacial score (nSPS) is 31.8. The molecule has 0 radical (unpaired) electrons. The SMILES string of the molecule is Cc1ccc(NC(=O)COC(=O)CN2C(=O)[C@@H]3[C@H]4C[C@@H]([C@H](Br)[C@@H]4Br)[C@@H]3C2=O)c(C)c1. The number of benzene rings is 1. The number of nitrogens with zero attached hydrogens (tertiary/aromatic N) is 1. The zero-order valence-corrected chi connectivity index (χ0v) is 19.7. The lowest BCUT2D eigenvalue weighted by Crippen LogP contribution is -2.38. The van der Waals surface area contributed by atoms with Crippen LogP contribution in [0.3, 0.4) is 0 Å². The molecule has 1 saturated heterocycles. The van der Waals surface area contributed by atoms with Crippen LogP contribution in [0, 0.1) is 37.5 Å². The van der Waals surface area contributed by atoms with E-state index in [0.717, 1.165) is 22.4 Å². The Kier molecular flexibility index (Phi) is 5.78. The number of rotatable bonds is 5. The van der Waals surface area contributed by atoms with Crippen LogP contribution < -0.4 is 5.32 Å². The number of nitrogens with one attached hydrogen (secondary N) is 1. The van der Waals surface area contributed by atoms with E-state index in [-0.39, 0.29) is 45.1 Å². The Morgan fingerprint density at radius 1 is 1.10 bits per heavy atom. The first kappa shape index (κ1) is 21.5. The molecule has 2 aliphatic carbocycles. The molecule has 2 saturated carbocycles. The Hall–Kier alpha value is -1.74. The maximum atomic E-state index is 12.8. The number of anilines is 1. The summed E-state index contributed by atoms with van der Waals surface area (Å²) in [6, 6.07) is 5.59. The van der Waals surface area contributed by atoms with Gasteiger partial charge in [-0.25, -0.2) is 0 Å². The molecular weight excluding hydrogens is 520 g/mol. The van der Waals surface area contributed by atoms with Crippen LogP contribution in [0.15, 0.2) is 18.2 Å². The summed E-state index contributed by atoms with van der Waals surface area (Å²) in [5.41, 5.74) is 2.62. The highest BCUT2D eigenvalue weighted by atomic mass is 79.9. The van der Waals surface area contributed by atoms with Gasteiger partial charge in [-0.15, -0.1) is 0 Å². The first-order valence-electron chi connectivity index (χ1n) is 9.85. The van der Waals surface area contributed by atoms with Crippen LogP contribution in [0.1, 0.15) is 17.5 Å². The van der Waals surface area contributed by atoms with Gasteiger partial charge < -0.3 is 10.1 Å². The minimum Gasteiger partial charge on any atom is -0.454 e. The van der Waals surface area contributed by atoms with Gasteiger partial charge in [0.1, 0.15) is 6.54 Å². The Bertz CT molecular complexity index is 904. The average Bonchev–Trinajstić information content (AvgIpc) is 3.29. The van der Waals surface area contributed by atoms with Gasteiger partial charge >= 0.3 is 5.97 Å². The van der Waals surface area contributed by atoms with E-state index in [1.165, 1.54) is 0 Å². The summed E-state index contributed by atoms with van der Waals surface area (Å²) in [6.07, 6.45) is 0.829. The molecule has 6 atom stereocenters. The van der Waals surface area contributed by atoms with Crippen LogP contribution in [0.2, 0.25) is 0 Å². The van der Waals surface area contributed by atoms with E-state index < -0.39 is 25.0 Å². The fraction of sp³-hybridized carbons (Fsp3) is 0.524. The van der Waals surface area contributed by atoms with E-state index in [2.05, 4.69) is 37.2 Å². The fourth-order valence-electron chi connectivity index (χ4n) is 5.03. The molecular formula is C21H22Br2N2O5. The van der Waals surface area contributed by atoms with Crippen LogP contribution in [-0.2, 0) is 23.9 Å². The molecule has 1 aromatic rings. The number of alkyl halides is 2. The highest BCUT2D eigenvalue weighted by molar-refractivity contribution is 9.12. The van der Waals surface area contributed by atoms with E-state index in [0.29, 0.717) is 5.69 Å². The van der Waals surface area contributed by atoms with Crippen molar-refractivity contribution in [3.05, 3.63) is 29.3 Å². The van der Waals surface area contributed by atoms with Gasteiger partial charge in [0.15, 0.2) is 6.61 Å². The lowest BCUT2D eigenvalue weighted by Gasteiger charge is -2.28. The van der Waals surface area contributed by atoms with E-state index in [1.807, 2.05) is 26.0 Å². The van der Waals surface area contributed by atoms with Gasteiger partial charge in [0, 0.05) is 15.3 Å². The number of esters is 1. The number of aryl methyl sites for hydroxylation is 2. The van der Waals surface area contributed by atoms with Crippen molar-refractivity contribution in [2.45, 2.75) is 29.9 Å². The zero-order chi connectivity index (χ0) is 21.7. The van der Waals surface area contributed by atoms with E-state index in [9.17, 15) is 19.2 Å². The summed E-state index contributed by atoms with van der Waals surface area (Å²) in [7, 11) is 0. The third kappa shape index (κ3) is 3.60. The molecule has 0 unspecified atom stereocenters. The molecule has 160 valence electrons. The average molecular weight is 542 g/mol. The second kappa shape index (κ2) is 8.07. The number of hydrogen-bond donors (Lipinski definition) is 1. The smallest absolute Gasteiger partial charge is 0.326 e. The predicted octanol–water partition coefficient (Wildman–Crippen LogP) is 2.56. The quantitative estimate of drug-likeness (QED) is 0.351. The minimum absolute atomic E-state index is 0.0883. The number of carbonyl (C=O) groups is 4. The topological polar surface area (TPSA) is 92.8 Å². The minimum atomic E-state index is -0.773. The molecule has 4 rings (SSSR count). The fourth-order valence-corrected chi connectivity index (χ4v) is 6.90. The Morgan fingerprint density at radius 3 is 2.27 bits per heavy atom. The maximum Gasteiger partial charge on any atom is 0.326 e. The standard InChI is InChI=1S/C21H22Br2N2O5/c1-9-3-4-13(10(2)5-9)24-14(26)8-30-15(27)7-25-20(28)16-11-6-12(17(16)21(25)29)19(23)18(11)22/h3-5,11-12,16-19H,6-8H2,1-2H3,(H,24,26)/t11-,12-,16-,17+,18-,19+/m1/s1. The maximum absolute atomic E-state index is 12.8. The number of halogens is 2. The number of carbonyl (C=O) groups excluding carboxylic acids is 4. The molecule has 30 heavy (non-hydrogen) atoms. The van der Waals surface area contributed by atoms with Gasteiger partial charge in [-0.2, -0.15) is 0 Å². The van der Waals surface area contributed by atoms with Crippen molar-refractivity contribution < 1.29 is 23.9 Å². The largest absolute Gasteiger partial charge is 0.454 e. The van der Waals surface area contributed by atoms with Crippen molar-refractivity contribution >= 4 is 61.2 Å². The number of amides is 3. The van der Waals surface area contributed by atoms with Crippen molar-refractivity contribution in [3.8, 4) is 0 Å². The second-order valence-corrected chi connectivity index (χ2v) is 10.4. The lowest BCUT2D eigenvalue weighted by molar-refractivity contribution is -0.154. The molecule has 3 fully saturated rings. The van der Waals surface area contributed by atoms with Crippen LogP contribution in [0.5, 0.6) is 0 Å². The van der Waals surface area contributed by atoms with Crippen LogP contribution in [0.25, 0.3) is 0 Å². The first-order valence-corrected chi connectivity index (χ1v) is 11.7. The van der Waals surface area contributed by atoms with Crippen LogP contribution in [0.4, 0.5) is 5.69 Å². The van der Waals surface area contributed by atoms with Crippen molar-refractivity contribution in [2.24, 2.45) is 23.7 Å². The Morgan fingerprint density at radius 2 is 1.70 bits per heavy atom. The van der Waals surface area contributed by atoms with Crippen molar-refractivity contribution in [2.75, 3.05) is 18.5 Å². The molecule has 7 nitrogen and oxygen atoms in total. The number of fused-ring (bicyclic) bond motifs is 5. The number of likely N-dealkylation sites (tertiary alicyclic amines) is 1. The van der Waals surface area contributed by atoms with Gasteiger partial charge in [0.25, 0.3) is 5.91 Å². The molecule has 3 aliphatic rings. The lowest BCUT2D eigenvalue weighted by atomic mass is 9.81. The summed E-state index contributed by atoms with van der Waals surface area (Å²) < 4.78 is 5.02. The summed E-state index contributed by atoms with van der Waals surface area (Å²) in [5, 5.41) is 2.69. The van der Waals surface area contributed by atoms with Gasteiger partial charge in [-0.05, 0) is 43.7 Å². The molecule has 1 aliphatic heterocycles. The molecule has 0 aromatic heterocycles. The third-order valence-electron chi connectivity index (χ3n) is 6.39. The first-order chi connectivity index (χ1) is 14.2. The molecule has 1 N–H and O–H groups in total. The summed E-state index contributed by atoms with van der Waals surface area (Å²) in [5.74, 6) is -2.44. The zero-order valence-electron chi connectivity index (χ0n) is 16.6. The van der Waals surface area contributed by atoms with Crippen LogP contribution in [-0.4, -0.2) is 51.4 Å². The van der Waals surface area contributed by atoms with Gasteiger partial charge in [0.05, 0.1) is 11.8 Å². The Labute approximate surface area is 191 Å². The van der Waals surface area contributed by atoms with Crippen molar-refractivity contribution in [1.29, 1.82) is 0 Å². The summed E-state index contributed by atoms with van der Waals surface area (Å²) >= 11 is 7.25. The molecule has 1 aromatic carbocycles. The highest BCUT2D eigenvalue weighted by Gasteiger charge is 2.66. The number of ether oxygens (including phenoxy) is 1. The summed E-state index contributed by atoms with van der Waals surface area (Å²) in [6.45, 7) is 2.89. The Balaban J connectivity index is 1.32. The van der Waals surface area contributed by atoms with E-state index >= 15 is 0 Å². The predicted molar refractivity (Wildman–Crippen MR) is 116 cm³/mol. The van der Waals surface area contributed by atoms with Gasteiger partial charge in [-0.1, -0.05) is 49.6 Å². The molecule has 2 bridgehead atoms. The summed E-state index contributed by atoms with van der Waals surface area (Å²) in [4.78, 5) is 51.2. The van der Waals surface area contributed by atoms with Crippen LogP contribution >= 0.6 is 31.9 Å². The van der Waals surface area contributed by atoms with E-state index in [1.54, 1.807) is 6.07 Å². The molecule has 9 heteroatoms. The van der Waals surface area contributed by atoms with Crippen molar-refractivity contribution in [1.82, 2.24) is 4.90 Å². The van der Waals surface area contributed by atoms with Crippen molar-refractivity contribution in [3.63, 3.8) is 0 Å². The second-order valence-electron chi connectivity index (χ2n) is 8.29. The van der Waals surface area contributed by atoms with Gasteiger partial charge in [0.2, 0.25) is 11.8 Å². The van der Waals surface area contributed by atoms with E-state index in [4.69, 9.17) is 4.74 Å². The highest BCUT2D eigenvalue weighted by Crippen LogP contribution is 2.60. The molecule has 1 heterocycles. The molecule has 3 amide bonds. The number of imide groups is 1. The third-order valence-corrected chi connectivity index (χ3v) is 9.59. The number of hydrogen-bond acceptors (Lipinski definition) is 5.